The number of non-ortho nitro benzene ring substituents is 1. The lowest BCUT2D eigenvalue weighted by Crippen LogP contribution is -2.01. The van der Waals surface area contributed by atoms with E-state index < -0.39 is 11.0 Å². The van der Waals surface area contributed by atoms with Crippen LogP contribution in [0.2, 0.25) is 0 Å². The first-order valence-corrected chi connectivity index (χ1v) is 9.15. The maximum atomic E-state index is 10.7. The van der Waals surface area contributed by atoms with Gasteiger partial charge in [0.2, 0.25) is 0 Å². The van der Waals surface area contributed by atoms with Crippen molar-refractivity contribution in [2.45, 2.75) is 6.10 Å². The van der Waals surface area contributed by atoms with Crippen molar-refractivity contribution in [2.75, 3.05) is 12.8 Å². The molecule has 1 heterocycles. The van der Waals surface area contributed by atoms with Crippen LogP contribution >= 0.6 is 0 Å². The van der Waals surface area contributed by atoms with E-state index in [1.165, 1.54) is 12.1 Å². The molecular weight excluding hydrogens is 382 g/mol. The van der Waals surface area contributed by atoms with Gasteiger partial charge in [0.1, 0.15) is 11.9 Å². The number of nitrogens with zero attached hydrogens (tertiary/aromatic N) is 2. The summed E-state index contributed by atoms with van der Waals surface area (Å²) >= 11 is 0. The Morgan fingerprint density at radius 2 is 1.73 bits per heavy atom. The summed E-state index contributed by atoms with van der Waals surface area (Å²) in [4.78, 5) is 14.5. The summed E-state index contributed by atoms with van der Waals surface area (Å²) in [7, 11) is 1.58. The van der Waals surface area contributed by atoms with E-state index in [1.54, 1.807) is 43.6 Å². The molecule has 152 valence electrons. The average molecular weight is 403 g/mol. The quantitative estimate of drug-likeness (QED) is 0.295. The summed E-state index contributed by atoms with van der Waals surface area (Å²) in [5.74, 6) is 0.687. The van der Waals surface area contributed by atoms with Gasteiger partial charge in [-0.3, -0.25) is 15.1 Å². The Balaban J connectivity index is 0.000000310. The number of pyridine rings is 1. The third-order valence-corrected chi connectivity index (χ3v) is 4.50. The van der Waals surface area contributed by atoms with Gasteiger partial charge >= 0.3 is 0 Å². The fraction of sp³-hybridized carbons (Fsp3) is 0.0870. The summed E-state index contributed by atoms with van der Waals surface area (Å²) in [6.07, 6.45) is 0.723. The van der Waals surface area contributed by atoms with Crippen LogP contribution in [0.3, 0.4) is 0 Å². The van der Waals surface area contributed by atoms with Crippen LogP contribution in [0.15, 0.2) is 85.1 Å². The Labute approximate surface area is 173 Å². The maximum Gasteiger partial charge on any atom is 0.269 e. The summed E-state index contributed by atoms with van der Waals surface area (Å²) in [5.41, 5.74) is 8.15. The Morgan fingerprint density at radius 3 is 2.30 bits per heavy atom. The van der Waals surface area contributed by atoms with Gasteiger partial charge in [-0.15, -0.1) is 0 Å². The monoisotopic (exact) mass is 403 g/mol. The minimum Gasteiger partial charge on any atom is -0.497 e. The molecule has 0 bridgehead atoms. The zero-order chi connectivity index (χ0) is 21.5. The number of fused-ring (bicyclic) bond motifs is 1. The van der Waals surface area contributed by atoms with E-state index in [4.69, 9.17) is 10.5 Å². The SMILES string of the molecule is COc1ccc2c(C(O)c3ccc([N+](=O)[O-])cc3)ccnc2c1.Nc1ccccc1. The van der Waals surface area contributed by atoms with E-state index >= 15 is 0 Å². The lowest BCUT2D eigenvalue weighted by Gasteiger charge is -2.14. The van der Waals surface area contributed by atoms with Crippen LogP contribution in [0.1, 0.15) is 17.2 Å². The van der Waals surface area contributed by atoms with E-state index in [1.807, 2.05) is 36.4 Å². The Kier molecular flexibility index (Phi) is 6.56. The van der Waals surface area contributed by atoms with Crippen LogP contribution in [-0.4, -0.2) is 22.1 Å². The predicted molar refractivity (Wildman–Crippen MR) is 116 cm³/mol. The molecule has 0 saturated carbocycles. The van der Waals surface area contributed by atoms with E-state index in [0.29, 0.717) is 22.4 Å². The van der Waals surface area contributed by atoms with E-state index in [-0.39, 0.29) is 5.69 Å². The second-order valence-corrected chi connectivity index (χ2v) is 6.45. The molecule has 0 aliphatic rings. The Morgan fingerprint density at radius 1 is 1.03 bits per heavy atom. The van der Waals surface area contributed by atoms with Gasteiger partial charge < -0.3 is 15.6 Å². The third kappa shape index (κ3) is 4.89. The van der Waals surface area contributed by atoms with Crippen LogP contribution in [0.25, 0.3) is 10.9 Å². The van der Waals surface area contributed by atoms with Gasteiger partial charge in [0, 0.05) is 35.5 Å². The molecule has 4 aromatic rings. The van der Waals surface area contributed by atoms with Gasteiger partial charge in [0.25, 0.3) is 5.69 Å². The number of aliphatic hydroxyl groups excluding tert-OH is 1. The molecule has 0 saturated heterocycles. The van der Waals surface area contributed by atoms with Gasteiger partial charge in [-0.25, -0.2) is 0 Å². The largest absolute Gasteiger partial charge is 0.497 e. The van der Waals surface area contributed by atoms with Crippen molar-refractivity contribution in [2.24, 2.45) is 0 Å². The molecule has 0 aliphatic heterocycles. The first kappa shape index (κ1) is 20.8. The van der Waals surface area contributed by atoms with E-state index in [9.17, 15) is 15.2 Å². The molecule has 30 heavy (non-hydrogen) atoms. The number of methoxy groups -OCH3 is 1. The number of anilines is 1. The van der Waals surface area contributed by atoms with E-state index in [2.05, 4.69) is 4.98 Å². The number of aromatic nitrogens is 1. The third-order valence-electron chi connectivity index (χ3n) is 4.50. The van der Waals surface area contributed by atoms with Crippen molar-refractivity contribution < 1.29 is 14.8 Å². The first-order chi connectivity index (χ1) is 14.5. The number of hydrogen-bond donors (Lipinski definition) is 2. The minimum absolute atomic E-state index is 0.00901. The summed E-state index contributed by atoms with van der Waals surface area (Å²) in [5, 5.41) is 22.1. The highest BCUT2D eigenvalue weighted by Crippen LogP contribution is 2.30. The number of nitrogens with two attached hydrogens (primary N) is 1. The molecule has 3 N–H and O–H groups in total. The first-order valence-electron chi connectivity index (χ1n) is 9.15. The second-order valence-electron chi connectivity index (χ2n) is 6.45. The van der Waals surface area contributed by atoms with Gasteiger partial charge in [0.05, 0.1) is 17.5 Å². The number of nitrogen functional groups attached to an aromatic ring is 1. The minimum atomic E-state index is -0.894. The van der Waals surface area contributed by atoms with Crippen molar-refractivity contribution in [1.82, 2.24) is 4.98 Å². The molecule has 7 heteroatoms. The van der Waals surface area contributed by atoms with Gasteiger partial charge in [-0.05, 0) is 53.6 Å². The normalized spacial score (nSPS) is 11.3. The molecule has 1 atom stereocenters. The fourth-order valence-electron chi connectivity index (χ4n) is 2.93. The number of rotatable bonds is 4. The van der Waals surface area contributed by atoms with Gasteiger partial charge in [-0.1, -0.05) is 18.2 Å². The van der Waals surface area contributed by atoms with Crippen molar-refractivity contribution in [3.05, 3.63) is 106 Å². The highest BCUT2D eigenvalue weighted by Gasteiger charge is 2.15. The molecule has 1 unspecified atom stereocenters. The van der Waals surface area contributed by atoms with Crippen LogP contribution in [0, 0.1) is 10.1 Å². The smallest absolute Gasteiger partial charge is 0.269 e. The van der Waals surface area contributed by atoms with Crippen LogP contribution < -0.4 is 10.5 Å². The average Bonchev–Trinajstić information content (AvgIpc) is 2.78. The molecule has 0 fully saturated rings. The lowest BCUT2D eigenvalue weighted by molar-refractivity contribution is -0.384. The molecule has 3 aromatic carbocycles. The van der Waals surface area contributed by atoms with Crippen molar-refractivity contribution in [3.63, 3.8) is 0 Å². The highest BCUT2D eigenvalue weighted by molar-refractivity contribution is 5.84. The Hall–Kier alpha value is -3.97. The predicted octanol–water partition coefficient (Wildman–Crippen LogP) is 4.50. The molecule has 0 aliphatic carbocycles. The summed E-state index contributed by atoms with van der Waals surface area (Å²) in [6, 6.07) is 22.5. The number of nitro groups is 1. The number of hydrogen-bond acceptors (Lipinski definition) is 6. The zero-order valence-corrected chi connectivity index (χ0v) is 16.3. The summed E-state index contributed by atoms with van der Waals surface area (Å²) in [6.45, 7) is 0. The molecule has 1 aromatic heterocycles. The molecule has 0 amide bonds. The maximum absolute atomic E-state index is 10.7. The molecule has 4 rings (SSSR count). The number of nitro benzene ring substituents is 1. The van der Waals surface area contributed by atoms with Crippen molar-refractivity contribution >= 4 is 22.3 Å². The van der Waals surface area contributed by atoms with Crippen LogP contribution in [0.5, 0.6) is 5.75 Å². The van der Waals surface area contributed by atoms with Gasteiger partial charge in [-0.2, -0.15) is 0 Å². The number of benzene rings is 3. The van der Waals surface area contributed by atoms with E-state index in [0.717, 1.165) is 11.1 Å². The fourth-order valence-corrected chi connectivity index (χ4v) is 2.93. The summed E-state index contributed by atoms with van der Waals surface area (Å²) < 4.78 is 5.18. The number of ether oxygens (including phenoxy) is 1. The van der Waals surface area contributed by atoms with Crippen molar-refractivity contribution in [1.29, 1.82) is 0 Å². The number of aliphatic hydroxyl groups is 1. The highest BCUT2D eigenvalue weighted by atomic mass is 16.6. The van der Waals surface area contributed by atoms with Crippen LogP contribution in [-0.2, 0) is 0 Å². The molecule has 0 spiro atoms. The second kappa shape index (κ2) is 9.49. The van der Waals surface area contributed by atoms with Crippen LogP contribution in [0.4, 0.5) is 11.4 Å². The standard InChI is InChI=1S/C17H14N2O4.C6H7N/c1-23-13-6-7-14-15(8-9-18-16(14)10-13)17(20)11-2-4-12(5-3-11)19(21)22;7-6-4-2-1-3-5-6/h2-10,17,20H,1H3;1-5H,7H2. The Bertz CT molecular complexity index is 1130. The van der Waals surface area contributed by atoms with Gasteiger partial charge in [0.15, 0.2) is 0 Å². The number of para-hydroxylation sites is 1. The topological polar surface area (TPSA) is 112 Å². The molecule has 0 radical (unpaired) electrons. The zero-order valence-electron chi connectivity index (χ0n) is 16.3. The lowest BCUT2D eigenvalue weighted by atomic mass is 9.98. The molecule has 7 nitrogen and oxygen atoms in total. The van der Waals surface area contributed by atoms with Crippen molar-refractivity contribution in [3.8, 4) is 5.75 Å². The molecular formula is C23H21N3O4.